The van der Waals surface area contributed by atoms with E-state index in [4.69, 9.17) is 13.6 Å². The lowest BCUT2D eigenvalue weighted by Gasteiger charge is -2.39. The SMILES string of the molecule is CC(C)=CCC(C)C(C)CCC[C@]1(C)OC/C(=C/CO[Si](C)(C)C)CC[C@H]1O[Si](C)(C)C. The first-order chi connectivity index (χ1) is 14.6. The van der Waals surface area contributed by atoms with Crippen LogP contribution < -0.4 is 0 Å². The summed E-state index contributed by atoms with van der Waals surface area (Å²) in [5, 5.41) is 0. The molecule has 32 heavy (non-hydrogen) atoms. The molecular formula is C27H54O3Si2. The Hall–Kier alpha value is -0.206. The topological polar surface area (TPSA) is 27.7 Å². The molecule has 0 saturated carbocycles. The van der Waals surface area contributed by atoms with Crippen molar-refractivity contribution in [1.29, 1.82) is 0 Å². The molecule has 0 bridgehead atoms. The molecule has 5 heteroatoms. The predicted octanol–water partition coefficient (Wildman–Crippen LogP) is 8.35. The molecule has 1 aliphatic heterocycles. The standard InChI is InChI=1S/C27H54O3Si2/c1-22(2)14-15-24(4)23(3)13-12-19-27(5)26(30-32(9,10)11)17-16-25(21-28-27)18-20-29-31(6,7)8/h14,18,23-24,26H,12-13,15-17,19-21H2,1-11H3/b25-18+/t23?,24?,26-,27+/m1/s1. The maximum absolute atomic E-state index is 6.71. The molecule has 188 valence electrons. The molecule has 1 rings (SSSR count). The van der Waals surface area contributed by atoms with Gasteiger partial charge in [-0.25, -0.2) is 0 Å². The van der Waals surface area contributed by atoms with Crippen molar-refractivity contribution in [3.63, 3.8) is 0 Å². The van der Waals surface area contributed by atoms with Crippen molar-refractivity contribution >= 4 is 16.6 Å². The van der Waals surface area contributed by atoms with Crippen molar-refractivity contribution in [3.8, 4) is 0 Å². The average molecular weight is 483 g/mol. The van der Waals surface area contributed by atoms with Gasteiger partial charge in [0.15, 0.2) is 16.6 Å². The Kier molecular flexibility index (Phi) is 12.1. The molecule has 2 unspecified atom stereocenters. The molecule has 4 atom stereocenters. The van der Waals surface area contributed by atoms with Gasteiger partial charge < -0.3 is 13.6 Å². The molecule has 0 aliphatic carbocycles. The summed E-state index contributed by atoms with van der Waals surface area (Å²) < 4.78 is 19.4. The Morgan fingerprint density at radius 2 is 1.75 bits per heavy atom. The Morgan fingerprint density at radius 1 is 1.09 bits per heavy atom. The minimum atomic E-state index is -1.65. The van der Waals surface area contributed by atoms with Crippen LogP contribution in [0.5, 0.6) is 0 Å². The summed E-state index contributed by atoms with van der Waals surface area (Å²) in [6.07, 6.45) is 11.6. The lowest BCUT2D eigenvalue weighted by atomic mass is 9.84. The van der Waals surface area contributed by atoms with Gasteiger partial charge in [-0.3, -0.25) is 0 Å². The molecule has 1 fully saturated rings. The molecule has 1 heterocycles. The summed E-state index contributed by atoms with van der Waals surface area (Å²) in [7, 11) is -3.14. The number of ether oxygens (including phenoxy) is 1. The molecule has 0 radical (unpaired) electrons. The van der Waals surface area contributed by atoms with Gasteiger partial charge in [-0.1, -0.05) is 44.4 Å². The largest absolute Gasteiger partial charge is 0.414 e. The summed E-state index contributed by atoms with van der Waals surface area (Å²) in [4.78, 5) is 0. The molecule has 0 N–H and O–H groups in total. The number of rotatable bonds is 12. The highest BCUT2D eigenvalue weighted by molar-refractivity contribution is 6.70. The molecular weight excluding hydrogens is 428 g/mol. The average Bonchev–Trinajstić information content (AvgIpc) is 2.78. The third-order valence-electron chi connectivity index (χ3n) is 6.58. The first-order valence-electron chi connectivity index (χ1n) is 12.9. The number of hydrogen-bond acceptors (Lipinski definition) is 3. The molecule has 0 amide bonds. The predicted molar refractivity (Wildman–Crippen MR) is 145 cm³/mol. The molecule has 3 nitrogen and oxygen atoms in total. The van der Waals surface area contributed by atoms with Gasteiger partial charge in [-0.2, -0.15) is 0 Å². The van der Waals surface area contributed by atoms with Crippen LogP contribution in [0.4, 0.5) is 0 Å². The van der Waals surface area contributed by atoms with Crippen LogP contribution in [0.15, 0.2) is 23.3 Å². The van der Waals surface area contributed by atoms with Crippen LogP contribution in [0, 0.1) is 11.8 Å². The van der Waals surface area contributed by atoms with Crippen molar-refractivity contribution in [1.82, 2.24) is 0 Å². The second-order valence-electron chi connectivity index (χ2n) is 12.5. The van der Waals surface area contributed by atoms with Crippen LogP contribution >= 0.6 is 0 Å². The van der Waals surface area contributed by atoms with Gasteiger partial charge >= 0.3 is 0 Å². The van der Waals surface area contributed by atoms with Crippen LogP contribution in [0.2, 0.25) is 39.3 Å². The lowest BCUT2D eigenvalue weighted by molar-refractivity contribution is -0.0976. The van der Waals surface area contributed by atoms with Gasteiger partial charge in [0, 0.05) is 0 Å². The maximum Gasteiger partial charge on any atom is 0.184 e. The summed E-state index contributed by atoms with van der Waals surface area (Å²) in [5.74, 6) is 1.45. The third kappa shape index (κ3) is 12.3. The zero-order valence-electron chi connectivity index (χ0n) is 23.3. The van der Waals surface area contributed by atoms with Gasteiger partial charge in [-0.05, 0) is 103 Å². The molecule has 0 spiro atoms. The van der Waals surface area contributed by atoms with E-state index in [-0.39, 0.29) is 11.7 Å². The quantitative estimate of drug-likeness (QED) is 0.206. The van der Waals surface area contributed by atoms with Gasteiger partial charge in [-0.15, -0.1) is 0 Å². The number of allylic oxidation sites excluding steroid dienone is 2. The van der Waals surface area contributed by atoms with Gasteiger partial charge in [0.1, 0.15) is 0 Å². The summed E-state index contributed by atoms with van der Waals surface area (Å²) in [6.45, 7) is 26.5. The summed E-state index contributed by atoms with van der Waals surface area (Å²) in [5.41, 5.74) is 2.59. The maximum atomic E-state index is 6.71. The van der Waals surface area contributed by atoms with Crippen molar-refractivity contribution < 1.29 is 13.6 Å². The third-order valence-corrected chi connectivity index (χ3v) is 8.61. The Morgan fingerprint density at radius 3 is 2.31 bits per heavy atom. The van der Waals surface area contributed by atoms with E-state index in [1.165, 1.54) is 30.4 Å². The van der Waals surface area contributed by atoms with Crippen LogP contribution in [-0.2, 0) is 13.6 Å². The van der Waals surface area contributed by atoms with Crippen LogP contribution in [0.1, 0.15) is 73.1 Å². The van der Waals surface area contributed by atoms with E-state index in [1.807, 2.05) is 0 Å². The summed E-state index contributed by atoms with van der Waals surface area (Å²) >= 11 is 0. The van der Waals surface area contributed by atoms with E-state index in [9.17, 15) is 0 Å². The van der Waals surface area contributed by atoms with Gasteiger partial charge in [0.05, 0.1) is 24.9 Å². The minimum Gasteiger partial charge on any atom is -0.414 e. The molecule has 0 aromatic carbocycles. The van der Waals surface area contributed by atoms with Crippen LogP contribution in [0.25, 0.3) is 0 Å². The van der Waals surface area contributed by atoms with Crippen molar-refractivity contribution in [2.24, 2.45) is 11.8 Å². The summed E-state index contributed by atoms with van der Waals surface area (Å²) in [6, 6.07) is 0. The minimum absolute atomic E-state index is 0.177. The van der Waals surface area contributed by atoms with Gasteiger partial charge in [0.2, 0.25) is 0 Å². The second-order valence-corrected chi connectivity index (χ2v) is 21.5. The van der Waals surface area contributed by atoms with Crippen LogP contribution in [0.3, 0.4) is 0 Å². The highest BCUT2D eigenvalue weighted by atomic mass is 28.4. The van der Waals surface area contributed by atoms with E-state index in [1.54, 1.807) is 0 Å². The van der Waals surface area contributed by atoms with Crippen molar-refractivity contribution in [2.45, 2.75) is 124 Å². The normalized spacial score (nSPS) is 26.0. The smallest absolute Gasteiger partial charge is 0.184 e. The number of hydrogen-bond donors (Lipinski definition) is 0. The molecule has 1 saturated heterocycles. The van der Waals surface area contributed by atoms with E-state index in [2.05, 4.69) is 86.1 Å². The first-order valence-corrected chi connectivity index (χ1v) is 19.7. The zero-order chi connectivity index (χ0) is 24.6. The monoisotopic (exact) mass is 482 g/mol. The van der Waals surface area contributed by atoms with E-state index >= 15 is 0 Å². The zero-order valence-corrected chi connectivity index (χ0v) is 25.3. The molecule has 0 aromatic heterocycles. The highest BCUT2D eigenvalue weighted by Gasteiger charge is 2.40. The van der Waals surface area contributed by atoms with Crippen LogP contribution in [-0.4, -0.2) is 41.6 Å². The van der Waals surface area contributed by atoms with E-state index in [0.29, 0.717) is 13.2 Å². The lowest BCUT2D eigenvalue weighted by Crippen LogP contribution is -2.47. The first kappa shape index (κ1) is 29.8. The van der Waals surface area contributed by atoms with E-state index in [0.717, 1.165) is 31.1 Å². The molecule has 0 aromatic rings. The molecule has 1 aliphatic rings. The Labute approximate surface area is 202 Å². The fraction of sp³-hybridized carbons (Fsp3) is 0.852. The van der Waals surface area contributed by atoms with Crippen molar-refractivity contribution in [3.05, 3.63) is 23.3 Å². The Bertz CT molecular complexity index is 611. The fourth-order valence-corrected chi connectivity index (χ4v) is 5.98. The fourth-order valence-electron chi connectivity index (χ4n) is 4.17. The second kappa shape index (κ2) is 13.0. The highest BCUT2D eigenvalue weighted by Crippen LogP contribution is 2.36. The van der Waals surface area contributed by atoms with E-state index < -0.39 is 16.6 Å². The Balaban J connectivity index is 2.78. The van der Waals surface area contributed by atoms with Gasteiger partial charge in [0.25, 0.3) is 0 Å². The van der Waals surface area contributed by atoms with Crippen molar-refractivity contribution in [2.75, 3.05) is 13.2 Å².